The zero-order valence-corrected chi connectivity index (χ0v) is 18.8. The van der Waals surface area contributed by atoms with E-state index in [2.05, 4.69) is 38.2 Å². The normalized spacial score (nSPS) is 15.9. The Hall–Kier alpha value is -4.02. The summed E-state index contributed by atoms with van der Waals surface area (Å²) in [7, 11) is 1.91. The molecule has 1 N–H and O–H groups in total. The first-order valence-electron chi connectivity index (χ1n) is 11.4. The Kier molecular flexibility index (Phi) is 4.89. The first kappa shape index (κ1) is 20.6. The summed E-state index contributed by atoms with van der Waals surface area (Å²) in [5.74, 6) is 0.0616. The average molecular weight is 451 g/mol. The highest BCUT2D eigenvalue weighted by Crippen LogP contribution is 2.39. The monoisotopic (exact) mass is 450 g/mol. The highest BCUT2D eigenvalue weighted by molar-refractivity contribution is 6.02. The number of benzene rings is 2. The second-order valence-electron chi connectivity index (χ2n) is 8.97. The van der Waals surface area contributed by atoms with Crippen molar-refractivity contribution in [2.45, 2.75) is 13.0 Å². The van der Waals surface area contributed by atoms with E-state index in [1.165, 1.54) is 6.07 Å². The Morgan fingerprint density at radius 2 is 2.06 bits per heavy atom. The average Bonchev–Trinajstić information content (AvgIpc) is 3.58. The molecule has 6 nitrogen and oxygen atoms in total. The van der Waals surface area contributed by atoms with E-state index in [4.69, 9.17) is 11.6 Å². The van der Waals surface area contributed by atoms with Gasteiger partial charge in [0.1, 0.15) is 11.5 Å². The quantitative estimate of drug-likeness (QED) is 0.365. The van der Waals surface area contributed by atoms with Crippen molar-refractivity contribution in [2.24, 2.45) is 13.0 Å². The lowest BCUT2D eigenvalue weighted by Crippen LogP contribution is -2.14. The van der Waals surface area contributed by atoms with Gasteiger partial charge in [0.05, 0.1) is 12.1 Å². The third-order valence-corrected chi connectivity index (χ3v) is 6.69. The molecule has 3 aromatic heterocycles. The molecule has 1 saturated heterocycles. The summed E-state index contributed by atoms with van der Waals surface area (Å²) < 4.78 is 18.7. The molecule has 0 unspecified atom stereocenters. The Labute approximate surface area is 196 Å². The van der Waals surface area contributed by atoms with Crippen LogP contribution in [0.5, 0.6) is 0 Å². The van der Waals surface area contributed by atoms with Gasteiger partial charge in [0.15, 0.2) is 0 Å². The predicted molar refractivity (Wildman–Crippen MR) is 132 cm³/mol. The van der Waals surface area contributed by atoms with Crippen LogP contribution in [0.2, 0.25) is 0 Å². The maximum Gasteiger partial charge on any atom is 0.222 e. The first-order valence-corrected chi connectivity index (χ1v) is 11.4. The van der Waals surface area contributed by atoms with Crippen LogP contribution in [0.3, 0.4) is 0 Å². The molecule has 1 atom stereocenters. The highest BCUT2D eigenvalue weighted by atomic mass is 19.1. The number of nitrogens with zero attached hydrogens (tertiary/aromatic N) is 5. The van der Waals surface area contributed by atoms with E-state index in [9.17, 15) is 4.39 Å². The third kappa shape index (κ3) is 3.44. The van der Waals surface area contributed by atoms with Gasteiger partial charge < -0.3 is 9.88 Å². The van der Waals surface area contributed by atoms with Crippen LogP contribution in [-0.4, -0.2) is 32.4 Å². The molecule has 2 aromatic carbocycles. The smallest absolute Gasteiger partial charge is 0.222 e. The Balaban J connectivity index is 1.56. The lowest BCUT2D eigenvalue weighted by atomic mass is 9.93. The molecular weight excluding hydrogens is 427 g/mol. The van der Waals surface area contributed by atoms with Crippen molar-refractivity contribution in [3.05, 3.63) is 78.3 Å². The number of hydrogen-bond acceptors (Lipinski definition) is 3. The van der Waals surface area contributed by atoms with Crippen LogP contribution in [0.1, 0.15) is 6.42 Å². The molecule has 34 heavy (non-hydrogen) atoms. The van der Waals surface area contributed by atoms with E-state index in [0.29, 0.717) is 5.92 Å². The molecule has 168 valence electrons. The zero-order chi connectivity index (χ0) is 23.2. The maximum atomic E-state index is 14.7. The van der Waals surface area contributed by atoms with E-state index < -0.39 is 5.82 Å². The van der Waals surface area contributed by atoms with Gasteiger partial charge in [-0.3, -0.25) is 4.68 Å². The van der Waals surface area contributed by atoms with Crippen molar-refractivity contribution in [1.82, 2.24) is 24.6 Å². The molecular formula is C27H23FN6. The number of rotatable bonds is 4. The standard InChI is InChI=1S/C27H23FN6/c1-29-25-6-4-19(12-23(25)28)26-21-8-10-34(15-17-7-9-30-13-17)27(21)31-14-22(26)18-3-5-24-20(11-18)16-33(2)32-24/h3-6,8,10-12,14,16-17,30H,7,9,13,15H2,2H3/t17-/m1/s1. The van der Waals surface area contributed by atoms with Crippen LogP contribution in [0.4, 0.5) is 10.1 Å². The molecule has 1 aliphatic rings. The lowest BCUT2D eigenvalue weighted by Gasteiger charge is -2.15. The summed E-state index contributed by atoms with van der Waals surface area (Å²) in [5.41, 5.74) is 5.42. The van der Waals surface area contributed by atoms with Gasteiger partial charge in [0.25, 0.3) is 0 Å². The minimum Gasteiger partial charge on any atom is -0.332 e. The Morgan fingerprint density at radius 1 is 1.18 bits per heavy atom. The second-order valence-corrected chi connectivity index (χ2v) is 8.97. The van der Waals surface area contributed by atoms with E-state index in [1.807, 2.05) is 37.6 Å². The number of halogens is 1. The molecule has 5 aromatic rings. The molecule has 6 rings (SSSR count). The van der Waals surface area contributed by atoms with Crippen LogP contribution < -0.4 is 5.32 Å². The molecule has 1 fully saturated rings. The summed E-state index contributed by atoms with van der Waals surface area (Å²) in [6.07, 6.45) is 7.11. The fraction of sp³-hybridized carbons (Fsp3) is 0.222. The topological polar surface area (TPSA) is 52.0 Å². The molecule has 7 heteroatoms. The van der Waals surface area contributed by atoms with E-state index in [1.54, 1.807) is 10.7 Å². The molecule has 0 radical (unpaired) electrons. The minimum absolute atomic E-state index is 0.0266. The van der Waals surface area contributed by atoms with Crippen LogP contribution in [-0.2, 0) is 13.6 Å². The number of aryl methyl sites for hydroxylation is 1. The van der Waals surface area contributed by atoms with Crippen molar-refractivity contribution in [3.8, 4) is 22.3 Å². The fourth-order valence-electron chi connectivity index (χ4n) is 5.03. The molecule has 0 spiro atoms. The lowest BCUT2D eigenvalue weighted by molar-refractivity contribution is 0.489. The van der Waals surface area contributed by atoms with Gasteiger partial charge in [0.2, 0.25) is 5.69 Å². The highest BCUT2D eigenvalue weighted by Gasteiger charge is 2.20. The fourth-order valence-corrected chi connectivity index (χ4v) is 5.03. The van der Waals surface area contributed by atoms with Gasteiger partial charge in [-0.05, 0) is 60.8 Å². The molecule has 0 aliphatic carbocycles. The van der Waals surface area contributed by atoms with Gasteiger partial charge in [-0.15, -0.1) is 0 Å². The minimum atomic E-state index is -0.511. The SMILES string of the molecule is [C-]#[N+]c1ccc(-c2c(-c3ccc4nn(C)cc4c3)cnc3c2ccn3C[C@@H]2CCNC2)cc1F. The third-order valence-electron chi connectivity index (χ3n) is 6.69. The molecule has 0 saturated carbocycles. The summed E-state index contributed by atoms with van der Waals surface area (Å²) in [4.78, 5) is 8.16. The second kappa shape index (κ2) is 8.08. The summed E-state index contributed by atoms with van der Waals surface area (Å²) in [6, 6.07) is 13.1. The predicted octanol–water partition coefficient (Wildman–Crippen LogP) is 5.56. The van der Waals surface area contributed by atoms with Crippen LogP contribution in [0.25, 0.3) is 49.0 Å². The van der Waals surface area contributed by atoms with Crippen molar-refractivity contribution >= 4 is 27.6 Å². The van der Waals surface area contributed by atoms with Crippen molar-refractivity contribution in [2.75, 3.05) is 13.1 Å². The van der Waals surface area contributed by atoms with Crippen molar-refractivity contribution < 1.29 is 4.39 Å². The molecule has 1 aliphatic heterocycles. The van der Waals surface area contributed by atoms with Gasteiger partial charge in [-0.1, -0.05) is 18.2 Å². The van der Waals surface area contributed by atoms with Crippen LogP contribution in [0, 0.1) is 18.3 Å². The number of fused-ring (bicyclic) bond motifs is 2. The zero-order valence-electron chi connectivity index (χ0n) is 18.8. The Bertz CT molecular complexity index is 1580. The molecule has 0 bridgehead atoms. The van der Waals surface area contributed by atoms with Gasteiger partial charge >= 0.3 is 0 Å². The summed E-state index contributed by atoms with van der Waals surface area (Å²) in [5, 5.41) is 9.91. The number of nitrogens with one attached hydrogen (secondary N) is 1. The number of aromatic nitrogens is 4. The van der Waals surface area contributed by atoms with Crippen LogP contribution in [0.15, 0.2) is 61.1 Å². The summed E-state index contributed by atoms with van der Waals surface area (Å²) >= 11 is 0. The molecule has 0 amide bonds. The first-order chi connectivity index (χ1) is 16.6. The summed E-state index contributed by atoms with van der Waals surface area (Å²) in [6.45, 7) is 10.2. The molecule has 4 heterocycles. The van der Waals surface area contributed by atoms with E-state index >= 15 is 0 Å². The number of pyridine rings is 1. The van der Waals surface area contributed by atoms with Crippen molar-refractivity contribution in [1.29, 1.82) is 0 Å². The van der Waals surface area contributed by atoms with Gasteiger partial charge in [-0.25, -0.2) is 14.2 Å². The van der Waals surface area contributed by atoms with Crippen LogP contribution >= 0.6 is 0 Å². The number of hydrogen-bond donors (Lipinski definition) is 1. The van der Waals surface area contributed by atoms with Crippen molar-refractivity contribution in [3.63, 3.8) is 0 Å². The van der Waals surface area contributed by atoms with E-state index in [-0.39, 0.29) is 5.69 Å². The maximum absolute atomic E-state index is 14.7. The largest absolute Gasteiger partial charge is 0.332 e. The van der Waals surface area contributed by atoms with E-state index in [0.717, 1.165) is 70.2 Å². The van der Waals surface area contributed by atoms with Gasteiger partial charge in [-0.2, -0.15) is 5.10 Å². The van der Waals surface area contributed by atoms with Gasteiger partial charge in [0, 0.05) is 54.1 Å². The Morgan fingerprint density at radius 3 is 2.85 bits per heavy atom.